The lowest BCUT2D eigenvalue weighted by atomic mass is 10.1. The molecule has 166 valence electrons. The molecule has 2 aliphatic rings. The van der Waals surface area contributed by atoms with E-state index >= 15 is 0 Å². The molecule has 2 atom stereocenters. The molecule has 32 heavy (non-hydrogen) atoms. The van der Waals surface area contributed by atoms with Gasteiger partial charge in [-0.05, 0) is 36.8 Å². The summed E-state index contributed by atoms with van der Waals surface area (Å²) < 4.78 is 24.7. The highest BCUT2D eigenvalue weighted by Crippen LogP contribution is 2.33. The number of alkyl carbamates (subject to hydrolysis) is 1. The van der Waals surface area contributed by atoms with E-state index in [0.717, 1.165) is 0 Å². The first-order valence-corrected chi connectivity index (χ1v) is 10.6. The van der Waals surface area contributed by atoms with Crippen molar-refractivity contribution < 1.29 is 23.8 Å². The maximum atomic E-state index is 14.0. The number of halogens is 1. The van der Waals surface area contributed by atoms with Gasteiger partial charge in [-0.1, -0.05) is 12.1 Å². The third-order valence-corrected chi connectivity index (χ3v) is 5.75. The van der Waals surface area contributed by atoms with E-state index in [0.29, 0.717) is 67.3 Å². The van der Waals surface area contributed by atoms with Gasteiger partial charge in [-0.2, -0.15) is 0 Å². The van der Waals surface area contributed by atoms with Crippen molar-refractivity contribution in [1.82, 2.24) is 15.3 Å². The third-order valence-electron chi connectivity index (χ3n) is 5.75. The van der Waals surface area contributed by atoms with E-state index in [1.807, 2.05) is 4.90 Å². The van der Waals surface area contributed by atoms with Crippen molar-refractivity contribution in [2.24, 2.45) is 0 Å². The number of hydrogen-bond donors (Lipinski definition) is 2. The molecule has 3 aromatic rings. The second-order valence-corrected chi connectivity index (χ2v) is 8.02. The molecule has 0 spiro atoms. The predicted octanol–water partition coefficient (Wildman–Crippen LogP) is 3.24. The zero-order chi connectivity index (χ0) is 22.1. The molecule has 9 heteroatoms. The van der Waals surface area contributed by atoms with E-state index in [1.165, 1.54) is 12.1 Å². The number of rotatable bonds is 4. The quantitative estimate of drug-likeness (QED) is 0.646. The van der Waals surface area contributed by atoms with E-state index < -0.39 is 6.09 Å². The third kappa shape index (κ3) is 4.16. The standard InChI is InChI=1S/C23H23FN4O4/c24-14-5-6-19-18(11-14)22(27-21(26-19)17-3-1-2-4-20(17)29)28-9-7-15(12-28)25-23(30)32-16-8-10-31-13-16/h1-6,11,15-16,29H,7-10,12-13H2,(H,25,30)/t15-,16-/m0/s1. The lowest BCUT2D eigenvalue weighted by Crippen LogP contribution is -2.39. The van der Waals surface area contributed by atoms with Crippen molar-refractivity contribution >= 4 is 22.8 Å². The van der Waals surface area contributed by atoms with Crippen LogP contribution in [0.2, 0.25) is 0 Å². The molecular weight excluding hydrogens is 415 g/mol. The molecule has 0 radical (unpaired) electrons. The average Bonchev–Trinajstić information content (AvgIpc) is 3.45. The Labute approximate surface area is 184 Å². The summed E-state index contributed by atoms with van der Waals surface area (Å²) in [5.41, 5.74) is 1.07. The number of nitrogens with zero attached hydrogens (tertiary/aromatic N) is 3. The maximum absolute atomic E-state index is 14.0. The lowest BCUT2D eigenvalue weighted by molar-refractivity contribution is 0.0813. The molecule has 0 unspecified atom stereocenters. The van der Waals surface area contributed by atoms with Gasteiger partial charge in [0.1, 0.15) is 23.5 Å². The zero-order valence-corrected chi connectivity index (χ0v) is 17.3. The second kappa shape index (κ2) is 8.58. The SMILES string of the molecule is O=C(N[C@H]1CCN(c2nc(-c3ccccc3O)nc3ccc(F)cc23)C1)O[C@H]1CCOC1. The van der Waals surface area contributed by atoms with E-state index in [-0.39, 0.29) is 23.7 Å². The summed E-state index contributed by atoms with van der Waals surface area (Å²) in [6, 6.07) is 11.1. The van der Waals surface area contributed by atoms with Gasteiger partial charge in [0, 0.05) is 24.9 Å². The van der Waals surface area contributed by atoms with E-state index in [1.54, 1.807) is 30.3 Å². The van der Waals surface area contributed by atoms with Gasteiger partial charge in [0.05, 0.1) is 30.3 Å². The van der Waals surface area contributed by atoms with Crippen molar-refractivity contribution in [3.05, 3.63) is 48.3 Å². The van der Waals surface area contributed by atoms with Gasteiger partial charge in [0.25, 0.3) is 0 Å². The molecule has 8 nitrogen and oxygen atoms in total. The molecule has 2 aromatic carbocycles. The number of aromatic nitrogens is 2. The van der Waals surface area contributed by atoms with E-state index in [4.69, 9.17) is 9.47 Å². The molecule has 2 aliphatic heterocycles. The number of phenolic OH excluding ortho intramolecular Hbond substituents is 1. The van der Waals surface area contributed by atoms with Crippen LogP contribution in [0, 0.1) is 5.82 Å². The van der Waals surface area contributed by atoms with Crippen molar-refractivity contribution in [3.63, 3.8) is 0 Å². The molecule has 2 saturated heterocycles. The fraction of sp³-hybridized carbons (Fsp3) is 0.348. The predicted molar refractivity (Wildman–Crippen MR) is 116 cm³/mol. The molecule has 5 rings (SSSR count). The maximum Gasteiger partial charge on any atom is 0.407 e. The highest BCUT2D eigenvalue weighted by atomic mass is 19.1. The minimum absolute atomic E-state index is 0.0690. The van der Waals surface area contributed by atoms with Gasteiger partial charge in [0.15, 0.2) is 5.82 Å². The summed E-state index contributed by atoms with van der Waals surface area (Å²) in [5, 5.41) is 13.8. The minimum Gasteiger partial charge on any atom is -0.507 e. The summed E-state index contributed by atoms with van der Waals surface area (Å²) in [6.45, 7) is 2.16. The number of hydrogen-bond acceptors (Lipinski definition) is 7. The summed E-state index contributed by atoms with van der Waals surface area (Å²) in [6.07, 6.45) is 0.740. The number of amides is 1. The van der Waals surface area contributed by atoms with Crippen LogP contribution in [0.5, 0.6) is 5.75 Å². The number of para-hydroxylation sites is 1. The number of carbonyl (C=O) groups is 1. The van der Waals surface area contributed by atoms with Crippen LogP contribution in [-0.4, -0.2) is 59.6 Å². The molecule has 0 saturated carbocycles. The Balaban J connectivity index is 1.41. The van der Waals surface area contributed by atoms with Crippen molar-refractivity contribution in [1.29, 1.82) is 0 Å². The largest absolute Gasteiger partial charge is 0.507 e. The topological polar surface area (TPSA) is 96.8 Å². The average molecular weight is 438 g/mol. The molecule has 1 amide bonds. The lowest BCUT2D eigenvalue weighted by Gasteiger charge is -2.21. The van der Waals surface area contributed by atoms with E-state index in [9.17, 15) is 14.3 Å². The number of ether oxygens (including phenoxy) is 2. The van der Waals surface area contributed by atoms with Crippen LogP contribution in [0.3, 0.4) is 0 Å². The monoisotopic (exact) mass is 438 g/mol. The first-order chi connectivity index (χ1) is 15.6. The Kier molecular flexibility index (Phi) is 5.48. The fourth-order valence-corrected chi connectivity index (χ4v) is 4.14. The summed E-state index contributed by atoms with van der Waals surface area (Å²) >= 11 is 0. The molecule has 1 aromatic heterocycles. The van der Waals surface area contributed by atoms with Crippen LogP contribution < -0.4 is 10.2 Å². The van der Waals surface area contributed by atoms with Crippen molar-refractivity contribution in [2.75, 3.05) is 31.2 Å². The number of phenols is 1. The van der Waals surface area contributed by atoms with Crippen LogP contribution in [0.25, 0.3) is 22.3 Å². The number of nitrogens with one attached hydrogen (secondary N) is 1. The Morgan fingerprint density at radius 1 is 1.22 bits per heavy atom. The molecule has 0 bridgehead atoms. The first kappa shape index (κ1) is 20.4. The zero-order valence-electron chi connectivity index (χ0n) is 17.3. The Bertz CT molecular complexity index is 1150. The van der Waals surface area contributed by atoms with Crippen LogP contribution in [0.4, 0.5) is 15.0 Å². The smallest absolute Gasteiger partial charge is 0.407 e. The minimum atomic E-state index is -0.458. The van der Waals surface area contributed by atoms with Gasteiger partial charge in [-0.3, -0.25) is 0 Å². The fourth-order valence-electron chi connectivity index (χ4n) is 4.14. The van der Waals surface area contributed by atoms with Gasteiger partial charge in [-0.25, -0.2) is 19.2 Å². The Morgan fingerprint density at radius 3 is 2.91 bits per heavy atom. The summed E-state index contributed by atoms with van der Waals surface area (Å²) in [7, 11) is 0. The molecule has 2 fully saturated rings. The van der Waals surface area contributed by atoms with Gasteiger partial charge < -0.3 is 24.8 Å². The summed E-state index contributed by atoms with van der Waals surface area (Å²) in [5.74, 6) is 0.609. The van der Waals surface area contributed by atoms with Crippen LogP contribution >= 0.6 is 0 Å². The van der Waals surface area contributed by atoms with Gasteiger partial charge in [0.2, 0.25) is 0 Å². The Morgan fingerprint density at radius 2 is 2.09 bits per heavy atom. The number of benzene rings is 2. The number of fused-ring (bicyclic) bond motifs is 1. The van der Waals surface area contributed by atoms with Gasteiger partial charge in [-0.15, -0.1) is 0 Å². The van der Waals surface area contributed by atoms with Crippen molar-refractivity contribution in [2.45, 2.75) is 25.0 Å². The highest BCUT2D eigenvalue weighted by Gasteiger charge is 2.29. The van der Waals surface area contributed by atoms with Crippen LogP contribution in [0.1, 0.15) is 12.8 Å². The highest BCUT2D eigenvalue weighted by molar-refractivity contribution is 5.91. The Hall–Kier alpha value is -3.46. The molecule has 0 aliphatic carbocycles. The molecule has 2 N–H and O–H groups in total. The molecule has 3 heterocycles. The number of carbonyl (C=O) groups excluding carboxylic acids is 1. The number of anilines is 1. The van der Waals surface area contributed by atoms with Crippen LogP contribution in [0.15, 0.2) is 42.5 Å². The van der Waals surface area contributed by atoms with Crippen molar-refractivity contribution in [3.8, 4) is 17.1 Å². The molecular formula is C23H23FN4O4. The normalized spacial score (nSPS) is 20.6. The van der Waals surface area contributed by atoms with Gasteiger partial charge >= 0.3 is 6.09 Å². The summed E-state index contributed by atoms with van der Waals surface area (Å²) in [4.78, 5) is 23.4. The first-order valence-electron chi connectivity index (χ1n) is 10.6. The van der Waals surface area contributed by atoms with E-state index in [2.05, 4.69) is 15.3 Å². The second-order valence-electron chi connectivity index (χ2n) is 8.02. The van der Waals surface area contributed by atoms with Crippen LogP contribution in [-0.2, 0) is 9.47 Å². The number of aromatic hydroxyl groups is 1.